The van der Waals surface area contributed by atoms with E-state index >= 15 is 0 Å². The number of carbonyl (C=O) groups excluding carboxylic acids is 4. The Morgan fingerprint density at radius 1 is 0.707 bits per heavy atom. The van der Waals surface area contributed by atoms with Gasteiger partial charge in [-0.05, 0) is 86.0 Å². The number of carbonyl (C=O) groups is 4. The number of rotatable bonds is 15. The average molecular weight is 560 g/mol. The first-order valence-electron chi connectivity index (χ1n) is 13.8. The smallest absolute Gasteiger partial charge is 0.343 e. The molecule has 0 aliphatic carbocycles. The van der Waals surface area contributed by atoms with Gasteiger partial charge in [-0.25, -0.2) is 9.59 Å². The van der Waals surface area contributed by atoms with E-state index in [1.807, 2.05) is 0 Å². The average Bonchev–Trinajstić information content (AvgIpc) is 2.99. The minimum atomic E-state index is -0.756. The second-order valence-corrected chi connectivity index (χ2v) is 9.73. The number of unbranched alkanes of at least 4 members (excludes halogenated alkanes) is 4. The summed E-state index contributed by atoms with van der Waals surface area (Å²) in [7, 11) is 1.28. The number of benzene rings is 3. The molecule has 8 heteroatoms. The highest BCUT2D eigenvalue weighted by atomic mass is 16.5. The van der Waals surface area contributed by atoms with E-state index in [0.717, 1.165) is 18.4 Å². The van der Waals surface area contributed by atoms with Crippen LogP contribution in [-0.4, -0.2) is 43.4 Å². The summed E-state index contributed by atoms with van der Waals surface area (Å²) in [6.07, 6.45) is 6.08. The zero-order valence-corrected chi connectivity index (χ0v) is 23.8. The molecule has 8 nitrogen and oxygen atoms in total. The molecule has 1 N–H and O–H groups in total. The topological polar surface area (TPSA) is 108 Å². The minimum Gasteiger partial charge on any atom is -0.494 e. The number of Topliss-reactive ketones (excluding diaryl/α,β-unsaturated/α-hetero) is 1. The zero-order valence-electron chi connectivity index (χ0n) is 23.8. The van der Waals surface area contributed by atoms with Gasteiger partial charge in [0, 0.05) is 5.56 Å². The molecule has 0 aromatic heterocycles. The van der Waals surface area contributed by atoms with Crippen molar-refractivity contribution in [3.8, 4) is 11.5 Å². The highest BCUT2D eigenvalue weighted by Crippen LogP contribution is 2.18. The molecule has 0 saturated heterocycles. The SMILES string of the molecule is CCCCCCCOc1ccc(C(=O)Oc2ccc(C[C@H](NC(=O)c3ccc(C(=O)OC)cc3)C(C)=O)cc2)cc1. The maximum Gasteiger partial charge on any atom is 0.343 e. The van der Waals surface area contributed by atoms with Crippen molar-refractivity contribution >= 4 is 23.6 Å². The van der Waals surface area contributed by atoms with E-state index in [9.17, 15) is 19.2 Å². The summed E-state index contributed by atoms with van der Waals surface area (Å²) in [4.78, 5) is 49.1. The van der Waals surface area contributed by atoms with Crippen LogP contribution in [0.15, 0.2) is 72.8 Å². The maximum absolute atomic E-state index is 12.7. The lowest BCUT2D eigenvalue weighted by Gasteiger charge is -2.16. The van der Waals surface area contributed by atoms with Crippen molar-refractivity contribution in [1.29, 1.82) is 0 Å². The predicted octanol–water partition coefficient (Wildman–Crippen LogP) is 5.97. The second-order valence-electron chi connectivity index (χ2n) is 9.73. The fourth-order valence-corrected chi connectivity index (χ4v) is 4.09. The third-order valence-corrected chi connectivity index (χ3v) is 6.54. The first-order valence-corrected chi connectivity index (χ1v) is 13.8. The van der Waals surface area contributed by atoms with E-state index in [-0.39, 0.29) is 12.2 Å². The van der Waals surface area contributed by atoms with Crippen molar-refractivity contribution in [1.82, 2.24) is 5.32 Å². The highest BCUT2D eigenvalue weighted by Gasteiger charge is 2.19. The normalized spacial score (nSPS) is 11.3. The van der Waals surface area contributed by atoms with Crippen LogP contribution in [0, 0.1) is 0 Å². The van der Waals surface area contributed by atoms with Gasteiger partial charge < -0.3 is 19.5 Å². The minimum absolute atomic E-state index is 0.205. The van der Waals surface area contributed by atoms with Crippen LogP contribution in [0.3, 0.4) is 0 Å². The van der Waals surface area contributed by atoms with Crippen LogP contribution in [0.1, 0.15) is 82.6 Å². The Labute approximate surface area is 241 Å². The van der Waals surface area contributed by atoms with Gasteiger partial charge in [0.1, 0.15) is 11.5 Å². The van der Waals surface area contributed by atoms with Crippen LogP contribution < -0.4 is 14.8 Å². The van der Waals surface area contributed by atoms with Gasteiger partial charge in [-0.3, -0.25) is 9.59 Å². The molecule has 0 aliphatic heterocycles. The Bertz CT molecular complexity index is 1300. The summed E-state index contributed by atoms with van der Waals surface area (Å²) in [5.41, 5.74) is 1.82. The van der Waals surface area contributed by atoms with E-state index in [1.165, 1.54) is 57.6 Å². The lowest BCUT2D eigenvalue weighted by molar-refractivity contribution is -0.118. The van der Waals surface area contributed by atoms with Crippen LogP contribution >= 0.6 is 0 Å². The predicted molar refractivity (Wildman–Crippen MR) is 156 cm³/mol. The fraction of sp³-hybridized carbons (Fsp3) is 0.333. The summed E-state index contributed by atoms with van der Waals surface area (Å²) in [5, 5.41) is 2.74. The zero-order chi connectivity index (χ0) is 29.6. The van der Waals surface area contributed by atoms with Crippen LogP contribution in [0.5, 0.6) is 11.5 Å². The molecule has 0 radical (unpaired) electrons. The number of amides is 1. The second kappa shape index (κ2) is 16.0. The number of ether oxygens (including phenoxy) is 3. The summed E-state index contributed by atoms with van der Waals surface area (Å²) < 4.78 is 15.9. The lowest BCUT2D eigenvalue weighted by atomic mass is 10.0. The number of methoxy groups -OCH3 is 1. The standard InChI is InChI=1S/C33H37NO7/c1-4-5-6-7-8-21-40-28-19-15-27(16-20-28)33(38)41-29-17-9-24(10-18-29)22-30(23(2)35)34-31(36)25-11-13-26(14-12-25)32(37)39-3/h9-20,30H,4-8,21-22H2,1-3H3,(H,34,36)/t30-/m0/s1. The molecule has 216 valence electrons. The lowest BCUT2D eigenvalue weighted by Crippen LogP contribution is -2.41. The van der Waals surface area contributed by atoms with Gasteiger partial charge in [0.2, 0.25) is 0 Å². The molecule has 3 rings (SSSR count). The van der Waals surface area contributed by atoms with Gasteiger partial charge in [-0.2, -0.15) is 0 Å². The first-order chi connectivity index (χ1) is 19.8. The maximum atomic E-state index is 12.7. The number of esters is 2. The summed E-state index contributed by atoms with van der Waals surface area (Å²) in [6, 6.07) is 18.9. The van der Waals surface area contributed by atoms with Crippen LogP contribution in [0.25, 0.3) is 0 Å². The summed E-state index contributed by atoms with van der Waals surface area (Å²) in [6.45, 7) is 4.25. The van der Waals surface area contributed by atoms with Crippen molar-refractivity contribution in [2.75, 3.05) is 13.7 Å². The molecule has 0 unspecified atom stereocenters. The van der Waals surface area contributed by atoms with Crippen molar-refractivity contribution in [3.63, 3.8) is 0 Å². The van der Waals surface area contributed by atoms with Gasteiger partial charge in [-0.1, -0.05) is 44.7 Å². The molecule has 0 bridgehead atoms. The molecule has 0 fully saturated rings. The van der Waals surface area contributed by atoms with Crippen molar-refractivity contribution in [3.05, 3.63) is 95.1 Å². The van der Waals surface area contributed by atoms with E-state index in [0.29, 0.717) is 34.8 Å². The molecule has 1 atom stereocenters. The van der Waals surface area contributed by atoms with E-state index in [4.69, 9.17) is 9.47 Å². The largest absolute Gasteiger partial charge is 0.494 e. The molecule has 0 aliphatic rings. The van der Waals surface area contributed by atoms with Crippen LogP contribution in [-0.2, 0) is 16.0 Å². The third-order valence-electron chi connectivity index (χ3n) is 6.54. The molecule has 1 amide bonds. The van der Waals surface area contributed by atoms with Crippen LogP contribution in [0.2, 0.25) is 0 Å². The molecule has 0 saturated carbocycles. The Morgan fingerprint density at radius 2 is 1.27 bits per heavy atom. The highest BCUT2D eigenvalue weighted by molar-refractivity contribution is 5.98. The van der Waals surface area contributed by atoms with Gasteiger partial charge in [-0.15, -0.1) is 0 Å². The molecule has 0 spiro atoms. The molecular weight excluding hydrogens is 522 g/mol. The quantitative estimate of drug-likeness (QED) is 0.139. The monoisotopic (exact) mass is 559 g/mol. The molecule has 41 heavy (non-hydrogen) atoms. The number of hydrogen-bond donors (Lipinski definition) is 1. The van der Waals surface area contributed by atoms with Gasteiger partial charge in [0.15, 0.2) is 5.78 Å². The summed E-state index contributed by atoms with van der Waals surface area (Å²) in [5.74, 6) is -0.554. The molecule has 3 aromatic carbocycles. The van der Waals surface area contributed by atoms with Gasteiger partial charge >= 0.3 is 11.9 Å². The Kier molecular flexibility index (Phi) is 12.1. The van der Waals surface area contributed by atoms with Gasteiger partial charge in [0.25, 0.3) is 5.91 Å². The van der Waals surface area contributed by atoms with E-state index in [1.54, 1.807) is 48.5 Å². The van der Waals surface area contributed by atoms with E-state index < -0.39 is 23.9 Å². The van der Waals surface area contributed by atoms with Gasteiger partial charge in [0.05, 0.1) is 30.9 Å². The molecule has 3 aromatic rings. The fourth-order valence-electron chi connectivity index (χ4n) is 4.09. The number of ketones is 1. The van der Waals surface area contributed by atoms with Crippen molar-refractivity contribution in [2.24, 2.45) is 0 Å². The molecule has 0 heterocycles. The summed E-state index contributed by atoms with van der Waals surface area (Å²) >= 11 is 0. The number of hydrogen-bond acceptors (Lipinski definition) is 7. The van der Waals surface area contributed by atoms with Crippen molar-refractivity contribution in [2.45, 2.75) is 58.4 Å². The van der Waals surface area contributed by atoms with Crippen LogP contribution in [0.4, 0.5) is 0 Å². The molecular formula is C33H37NO7. The Morgan fingerprint density at radius 3 is 1.88 bits per heavy atom. The third kappa shape index (κ3) is 9.90. The Balaban J connectivity index is 1.51. The first kappa shape index (κ1) is 31.1. The van der Waals surface area contributed by atoms with E-state index in [2.05, 4.69) is 17.0 Å². The Hall–Kier alpha value is -4.46. The van der Waals surface area contributed by atoms with Crippen molar-refractivity contribution < 1.29 is 33.4 Å². The number of nitrogens with one attached hydrogen (secondary N) is 1.